The molecule has 0 saturated carbocycles. The van der Waals surface area contributed by atoms with Crippen LogP contribution < -0.4 is 5.32 Å². The van der Waals surface area contributed by atoms with Crippen LogP contribution in [0.3, 0.4) is 0 Å². The molecule has 3 aromatic rings. The first kappa shape index (κ1) is 20.6. The molecular weight excluding hydrogens is 414 g/mol. The van der Waals surface area contributed by atoms with E-state index in [9.17, 15) is 10.1 Å². The Balaban J connectivity index is 1.43. The van der Waals surface area contributed by atoms with Crippen LogP contribution in [0.25, 0.3) is 11.4 Å². The van der Waals surface area contributed by atoms with Gasteiger partial charge in [0.15, 0.2) is 11.0 Å². The molecule has 1 amide bonds. The zero-order valence-corrected chi connectivity index (χ0v) is 18.5. The second-order valence-corrected chi connectivity index (χ2v) is 9.35. The number of nitrogens with zero attached hydrogens (tertiary/aromatic N) is 4. The molecule has 2 aromatic heterocycles. The molecule has 2 heterocycles. The van der Waals surface area contributed by atoms with Crippen LogP contribution in [0.15, 0.2) is 35.5 Å². The number of carbonyl (C=O) groups is 1. The van der Waals surface area contributed by atoms with Gasteiger partial charge in [0.25, 0.3) is 0 Å². The maximum atomic E-state index is 12.6. The summed E-state index contributed by atoms with van der Waals surface area (Å²) in [6, 6.07) is 12.2. The molecular formula is C22H23N5OS2. The highest BCUT2D eigenvalue weighted by atomic mass is 32.2. The number of aryl methyl sites for hydroxylation is 1. The van der Waals surface area contributed by atoms with E-state index in [-0.39, 0.29) is 11.7 Å². The Hall–Kier alpha value is -2.63. The van der Waals surface area contributed by atoms with Crippen LogP contribution in [0.2, 0.25) is 0 Å². The second kappa shape index (κ2) is 9.45. The van der Waals surface area contributed by atoms with Crippen molar-refractivity contribution in [1.82, 2.24) is 14.8 Å². The number of thioether (sulfide) groups is 1. The Morgan fingerprint density at radius 3 is 2.73 bits per heavy atom. The quantitative estimate of drug-likeness (QED) is 0.580. The van der Waals surface area contributed by atoms with Crippen molar-refractivity contribution < 1.29 is 4.79 Å². The minimum Gasteiger partial charge on any atom is -0.316 e. The van der Waals surface area contributed by atoms with Gasteiger partial charge in [0, 0.05) is 17.5 Å². The normalized spacial score (nSPS) is 13.7. The second-order valence-electron chi connectivity index (χ2n) is 7.30. The average molecular weight is 438 g/mol. The highest BCUT2D eigenvalue weighted by Crippen LogP contribution is 2.36. The first-order valence-electron chi connectivity index (χ1n) is 10.1. The van der Waals surface area contributed by atoms with E-state index < -0.39 is 0 Å². The lowest BCUT2D eigenvalue weighted by Gasteiger charge is -2.08. The van der Waals surface area contributed by atoms with E-state index in [0.29, 0.717) is 15.7 Å². The number of hydrogen-bond donors (Lipinski definition) is 1. The van der Waals surface area contributed by atoms with Crippen LogP contribution in [-0.4, -0.2) is 26.4 Å². The van der Waals surface area contributed by atoms with Gasteiger partial charge < -0.3 is 9.88 Å². The summed E-state index contributed by atoms with van der Waals surface area (Å²) < 4.78 is 1.89. The van der Waals surface area contributed by atoms with Crippen LogP contribution in [0.5, 0.6) is 0 Å². The van der Waals surface area contributed by atoms with E-state index in [0.717, 1.165) is 42.6 Å². The summed E-state index contributed by atoms with van der Waals surface area (Å²) in [7, 11) is 1.90. The smallest absolute Gasteiger partial charge is 0.235 e. The minimum atomic E-state index is -0.130. The summed E-state index contributed by atoms with van der Waals surface area (Å²) in [5.41, 5.74) is 2.78. The van der Waals surface area contributed by atoms with Gasteiger partial charge in [0.2, 0.25) is 5.91 Å². The van der Waals surface area contributed by atoms with E-state index >= 15 is 0 Å². The molecule has 1 aliphatic carbocycles. The van der Waals surface area contributed by atoms with Gasteiger partial charge in [-0.2, -0.15) is 5.26 Å². The van der Waals surface area contributed by atoms with Crippen molar-refractivity contribution >= 4 is 34.0 Å². The molecule has 8 heteroatoms. The maximum Gasteiger partial charge on any atom is 0.235 e. The molecule has 6 nitrogen and oxygen atoms in total. The molecule has 0 bridgehead atoms. The zero-order valence-electron chi connectivity index (χ0n) is 16.9. The fourth-order valence-corrected chi connectivity index (χ4v) is 5.66. The number of fused-ring (bicyclic) bond motifs is 1. The van der Waals surface area contributed by atoms with E-state index in [1.807, 2.05) is 41.9 Å². The van der Waals surface area contributed by atoms with Gasteiger partial charge in [-0.3, -0.25) is 4.79 Å². The maximum absolute atomic E-state index is 12.6. The molecule has 0 radical (unpaired) electrons. The number of thiophene rings is 1. The Labute approximate surface area is 184 Å². The predicted molar refractivity (Wildman–Crippen MR) is 121 cm³/mol. The third kappa shape index (κ3) is 4.42. The van der Waals surface area contributed by atoms with Crippen molar-refractivity contribution in [2.75, 3.05) is 11.1 Å². The SMILES string of the molecule is Cn1c(SCC(=O)Nc2sc3c(c2C#N)CCCCCC3)nnc1-c1ccccc1. The number of rotatable bonds is 5. The van der Waals surface area contributed by atoms with Crippen LogP contribution in [0.1, 0.15) is 41.7 Å². The van der Waals surface area contributed by atoms with Crippen molar-refractivity contribution in [2.45, 2.75) is 43.7 Å². The molecule has 1 aliphatic rings. The van der Waals surface area contributed by atoms with Gasteiger partial charge in [0.05, 0.1) is 11.3 Å². The van der Waals surface area contributed by atoms with Gasteiger partial charge in [-0.15, -0.1) is 21.5 Å². The summed E-state index contributed by atoms with van der Waals surface area (Å²) >= 11 is 2.91. The summed E-state index contributed by atoms with van der Waals surface area (Å²) in [6.45, 7) is 0. The minimum absolute atomic E-state index is 0.130. The first-order valence-corrected chi connectivity index (χ1v) is 11.9. The van der Waals surface area contributed by atoms with E-state index in [1.165, 1.54) is 29.5 Å². The number of nitriles is 1. The largest absolute Gasteiger partial charge is 0.316 e. The first-order chi connectivity index (χ1) is 14.7. The van der Waals surface area contributed by atoms with Crippen LogP contribution in [0.4, 0.5) is 5.00 Å². The summed E-state index contributed by atoms with van der Waals surface area (Å²) in [5, 5.41) is 22.5. The molecule has 0 saturated heterocycles. The molecule has 0 fully saturated rings. The number of carbonyl (C=O) groups excluding carboxylic acids is 1. The van der Waals surface area contributed by atoms with E-state index in [4.69, 9.17) is 0 Å². The number of nitrogens with one attached hydrogen (secondary N) is 1. The summed E-state index contributed by atoms with van der Waals surface area (Å²) in [4.78, 5) is 13.9. The molecule has 0 unspecified atom stereocenters. The van der Waals surface area contributed by atoms with Gasteiger partial charge >= 0.3 is 0 Å². The number of amides is 1. The number of hydrogen-bond acceptors (Lipinski definition) is 6. The Kier molecular flexibility index (Phi) is 6.50. The van der Waals surface area contributed by atoms with Crippen molar-refractivity contribution in [2.24, 2.45) is 7.05 Å². The van der Waals surface area contributed by atoms with Crippen LogP contribution in [0, 0.1) is 11.3 Å². The fraction of sp³-hybridized carbons (Fsp3) is 0.364. The molecule has 0 spiro atoms. The van der Waals surface area contributed by atoms with Crippen molar-refractivity contribution in [1.29, 1.82) is 5.26 Å². The van der Waals surface area contributed by atoms with Gasteiger partial charge in [0.1, 0.15) is 11.1 Å². The lowest BCUT2D eigenvalue weighted by molar-refractivity contribution is -0.113. The van der Waals surface area contributed by atoms with Gasteiger partial charge in [-0.05, 0) is 31.2 Å². The lowest BCUT2D eigenvalue weighted by Crippen LogP contribution is -2.14. The summed E-state index contributed by atoms with van der Waals surface area (Å²) in [6.07, 6.45) is 6.64. The Bertz CT molecular complexity index is 1080. The Morgan fingerprint density at radius 2 is 1.97 bits per heavy atom. The Morgan fingerprint density at radius 1 is 1.20 bits per heavy atom. The highest BCUT2D eigenvalue weighted by Gasteiger charge is 2.21. The zero-order chi connectivity index (χ0) is 20.9. The molecule has 1 N–H and O–H groups in total. The number of anilines is 1. The average Bonchev–Trinajstić information content (AvgIpc) is 3.26. The topological polar surface area (TPSA) is 83.6 Å². The van der Waals surface area contributed by atoms with Crippen molar-refractivity contribution in [3.63, 3.8) is 0 Å². The fourth-order valence-electron chi connectivity index (χ4n) is 3.70. The van der Waals surface area contributed by atoms with Crippen LogP contribution >= 0.6 is 23.1 Å². The number of aromatic nitrogens is 3. The molecule has 1 aromatic carbocycles. The third-order valence-electron chi connectivity index (χ3n) is 5.24. The molecule has 30 heavy (non-hydrogen) atoms. The molecule has 0 atom stereocenters. The standard InChI is InChI=1S/C22H23N5OS2/c1-27-20(15-9-5-4-6-10-15)25-26-22(27)29-14-19(28)24-21-17(13-23)16-11-7-2-3-8-12-18(16)30-21/h4-6,9-10H,2-3,7-8,11-12,14H2,1H3,(H,24,28). The van der Waals surface area contributed by atoms with Gasteiger partial charge in [-0.25, -0.2) is 0 Å². The predicted octanol–water partition coefficient (Wildman–Crippen LogP) is 4.81. The lowest BCUT2D eigenvalue weighted by atomic mass is 9.97. The highest BCUT2D eigenvalue weighted by molar-refractivity contribution is 7.99. The van der Waals surface area contributed by atoms with Crippen molar-refractivity contribution in [3.8, 4) is 17.5 Å². The van der Waals surface area contributed by atoms with Crippen LogP contribution in [-0.2, 0) is 24.7 Å². The van der Waals surface area contributed by atoms with E-state index in [1.54, 1.807) is 11.3 Å². The van der Waals surface area contributed by atoms with Gasteiger partial charge in [-0.1, -0.05) is 54.9 Å². The summed E-state index contributed by atoms with van der Waals surface area (Å²) in [5.74, 6) is 0.854. The molecule has 154 valence electrons. The molecule has 4 rings (SSSR count). The third-order valence-corrected chi connectivity index (χ3v) is 7.46. The monoisotopic (exact) mass is 437 g/mol. The van der Waals surface area contributed by atoms with E-state index in [2.05, 4.69) is 21.6 Å². The van der Waals surface area contributed by atoms with Crippen molar-refractivity contribution in [3.05, 3.63) is 46.3 Å². The molecule has 0 aliphatic heterocycles. The number of benzene rings is 1.